The van der Waals surface area contributed by atoms with E-state index in [0.29, 0.717) is 28.6 Å². The van der Waals surface area contributed by atoms with E-state index in [1.165, 1.54) is 0 Å². The summed E-state index contributed by atoms with van der Waals surface area (Å²) in [6, 6.07) is 13.5. The molecule has 2 amide bonds. The number of amides is 2. The number of fused-ring (bicyclic) bond motifs is 1. The van der Waals surface area contributed by atoms with Gasteiger partial charge in [0.15, 0.2) is 0 Å². The van der Waals surface area contributed by atoms with E-state index in [1.54, 1.807) is 12.1 Å². The number of benzene rings is 2. The quantitative estimate of drug-likeness (QED) is 0.587. The van der Waals surface area contributed by atoms with Crippen LogP contribution in [0.4, 0.5) is 4.79 Å². The minimum atomic E-state index is -0.0305. The summed E-state index contributed by atoms with van der Waals surface area (Å²) in [5, 5.41) is 16.9. The second-order valence-electron chi connectivity index (χ2n) is 9.02. The number of likely N-dealkylation sites (tertiary alicyclic amines) is 1. The van der Waals surface area contributed by atoms with Gasteiger partial charge in [-0.25, -0.2) is 4.79 Å². The third kappa shape index (κ3) is 4.21. The van der Waals surface area contributed by atoms with Gasteiger partial charge in [0.1, 0.15) is 11.8 Å². The van der Waals surface area contributed by atoms with E-state index in [4.69, 9.17) is 9.26 Å². The van der Waals surface area contributed by atoms with Crippen molar-refractivity contribution in [3.63, 3.8) is 0 Å². The molecule has 34 heavy (non-hydrogen) atoms. The summed E-state index contributed by atoms with van der Waals surface area (Å²) in [4.78, 5) is 19.1. The molecule has 3 aromatic rings. The van der Waals surface area contributed by atoms with Crippen LogP contribution < -0.4 is 10.1 Å². The maximum absolute atomic E-state index is 12.6. The molecule has 0 spiro atoms. The van der Waals surface area contributed by atoms with Gasteiger partial charge in [-0.1, -0.05) is 23.4 Å². The lowest BCUT2D eigenvalue weighted by Crippen LogP contribution is -2.39. The molecule has 1 N–H and O–H groups in total. The number of aromatic nitrogens is 2. The van der Waals surface area contributed by atoms with Crippen molar-refractivity contribution >= 4 is 6.03 Å². The molecule has 2 aliphatic rings. The minimum Gasteiger partial charge on any atom is -0.490 e. The zero-order chi connectivity index (χ0) is 23.7. The molecule has 174 valence electrons. The Balaban J connectivity index is 1.39. The Morgan fingerprint density at radius 1 is 1.26 bits per heavy atom. The van der Waals surface area contributed by atoms with Gasteiger partial charge in [-0.3, -0.25) is 0 Å². The molecule has 1 aliphatic carbocycles. The van der Waals surface area contributed by atoms with Crippen molar-refractivity contribution in [1.82, 2.24) is 20.4 Å². The van der Waals surface area contributed by atoms with Gasteiger partial charge in [0.25, 0.3) is 5.89 Å². The molecule has 1 fully saturated rings. The highest BCUT2D eigenvalue weighted by atomic mass is 16.5. The minimum absolute atomic E-state index is 0.0129. The summed E-state index contributed by atoms with van der Waals surface area (Å²) in [6.07, 6.45) is 3.79. The van der Waals surface area contributed by atoms with E-state index in [-0.39, 0.29) is 18.2 Å². The largest absolute Gasteiger partial charge is 0.490 e. The van der Waals surface area contributed by atoms with Crippen molar-refractivity contribution in [2.24, 2.45) is 0 Å². The molecule has 1 aliphatic heterocycles. The molecule has 8 nitrogen and oxygen atoms in total. The predicted molar refractivity (Wildman–Crippen MR) is 126 cm³/mol. The first-order chi connectivity index (χ1) is 16.5. The molecule has 1 atom stereocenters. The number of carbonyl (C=O) groups is 1. The maximum Gasteiger partial charge on any atom is 0.317 e. The van der Waals surface area contributed by atoms with Crippen molar-refractivity contribution in [2.75, 3.05) is 13.1 Å². The smallest absolute Gasteiger partial charge is 0.317 e. The summed E-state index contributed by atoms with van der Waals surface area (Å²) in [5.74, 6) is 1.38. The zero-order valence-corrected chi connectivity index (χ0v) is 19.4. The number of nitriles is 1. The van der Waals surface area contributed by atoms with Gasteiger partial charge >= 0.3 is 6.03 Å². The first-order valence-electron chi connectivity index (χ1n) is 11.8. The fourth-order valence-corrected chi connectivity index (χ4v) is 4.73. The molecule has 0 unspecified atom stereocenters. The normalized spacial score (nSPS) is 17.0. The van der Waals surface area contributed by atoms with E-state index < -0.39 is 0 Å². The molecular formula is C26H27N5O3. The Bertz CT molecular complexity index is 1250. The van der Waals surface area contributed by atoms with Gasteiger partial charge in [0.05, 0.1) is 17.7 Å². The molecule has 2 aromatic carbocycles. The maximum atomic E-state index is 12.6. The molecule has 0 bridgehead atoms. The van der Waals surface area contributed by atoms with Crippen LogP contribution in [-0.2, 0) is 6.42 Å². The SMILES string of the molecule is CC(C)Oc1ccc(-c2nc(-c3cccc4c3CC[C@@H]4NC(=O)N3CCCC3)no2)cc1C#N. The van der Waals surface area contributed by atoms with Crippen LogP contribution in [0, 0.1) is 11.3 Å². The number of carbonyl (C=O) groups excluding carboxylic acids is 1. The Kier molecular flexibility index (Phi) is 5.93. The standard InChI is InChI=1S/C26H27N5O3/c1-16(2)33-23-11-8-17(14-18(23)15-27)25-29-24(30-34-25)21-7-5-6-20-19(21)9-10-22(20)28-26(32)31-12-3-4-13-31/h5-8,11,14,16,22H,3-4,9-10,12-13H2,1-2H3,(H,28,32)/t22-/m0/s1. The van der Waals surface area contributed by atoms with E-state index in [1.807, 2.05) is 36.9 Å². The average Bonchev–Trinajstić information content (AvgIpc) is 3.60. The van der Waals surface area contributed by atoms with Crippen LogP contribution in [-0.4, -0.2) is 40.3 Å². The van der Waals surface area contributed by atoms with Crippen LogP contribution in [0.1, 0.15) is 55.8 Å². The zero-order valence-electron chi connectivity index (χ0n) is 19.4. The van der Waals surface area contributed by atoms with Crippen molar-refractivity contribution in [3.05, 3.63) is 53.1 Å². The second-order valence-corrected chi connectivity index (χ2v) is 9.02. The summed E-state index contributed by atoms with van der Waals surface area (Å²) >= 11 is 0. The summed E-state index contributed by atoms with van der Waals surface area (Å²) in [6.45, 7) is 5.49. The number of ether oxygens (including phenoxy) is 1. The van der Waals surface area contributed by atoms with Crippen LogP contribution in [0.2, 0.25) is 0 Å². The van der Waals surface area contributed by atoms with Gasteiger partial charge in [-0.05, 0) is 68.9 Å². The van der Waals surface area contributed by atoms with Gasteiger partial charge in [0, 0.05) is 24.2 Å². The van der Waals surface area contributed by atoms with E-state index in [2.05, 4.69) is 27.6 Å². The van der Waals surface area contributed by atoms with Gasteiger partial charge in [0.2, 0.25) is 5.82 Å². The lowest BCUT2D eigenvalue weighted by molar-refractivity contribution is 0.204. The van der Waals surface area contributed by atoms with Crippen LogP contribution in [0.5, 0.6) is 5.75 Å². The van der Waals surface area contributed by atoms with Crippen LogP contribution in [0.15, 0.2) is 40.9 Å². The van der Waals surface area contributed by atoms with E-state index >= 15 is 0 Å². The Morgan fingerprint density at radius 3 is 2.85 bits per heavy atom. The van der Waals surface area contributed by atoms with Gasteiger partial charge in [-0.15, -0.1) is 0 Å². The first kappa shape index (κ1) is 22.0. The number of hydrogen-bond acceptors (Lipinski definition) is 6. The van der Waals surface area contributed by atoms with Crippen LogP contribution in [0.25, 0.3) is 22.8 Å². The molecule has 5 rings (SSSR count). The van der Waals surface area contributed by atoms with E-state index in [9.17, 15) is 10.1 Å². The van der Waals surface area contributed by atoms with Crippen LogP contribution in [0.3, 0.4) is 0 Å². The Labute approximate surface area is 198 Å². The summed E-state index contributed by atoms with van der Waals surface area (Å²) in [7, 11) is 0. The summed E-state index contributed by atoms with van der Waals surface area (Å²) in [5.41, 5.74) is 4.24. The van der Waals surface area contributed by atoms with E-state index in [0.717, 1.165) is 55.5 Å². The number of hydrogen-bond donors (Lipinski definition) is 1. The Hall–Kier alpha value is -3.86. The molecule has 0 saturated carbocycles. The fourth-order valence-electron chi connectivity index (χ4n) is 4.73. The molecular weight excluding hydrogens is 430 g/mol. The van der Waals surface area contributed by atoms with Gasteiger partial charge in [-0.2, -0.15) is 10.2 Å². The lowest BCUT2D eigenvalue weighted by Gasteiger charge is -2.20. The van der Waals surface area contributed by atoms with Crippen molar-refractivity contribution in [1.29, 1.82) is 5.26 Å². The van der Waals surface area contributed by atoms with Crippen molar-refractivity contribution < 1.29 is 14.1 Å². The second kappa shape index (κ2) is 9.18. The van der Waals surface area contributed by atoms with Gasteiger partial charge < -0.3 is 19.5 Å². The number of nitrogens with zero attached hydrogens (tertiary/aromatic N) is 4. The highest BCUT2D eigenvalue weighted by molar-refractivity contribution is 5.76. The molecule has 1 saturated heterocycles. The monoisotopic (exact) mass is 457 g/mol. The molecule has 8 heteroatoms. The van der Waals surface area contributed by atoms with Crippen molar-refractivity contribution in [3.8, 4) is 34.7 Å². The lowest BCUT2D eigenvalue weighted by atomic mass is 10.0. The third-order valence-corrected chi connectivity index (χ3v) is 6.34. The predicted octanol–water partition coefficient (Wildman–Crippen LogP) is 4.86. The third-order valence-electron chi connectivity index (χ3n) is 6.34. The average molecular weight is 458 g/mol. The highest BCUT2D eigenvalue weighted by Gasteiger charge is 2.29. The molecule has 2 heterocycles. The fraction of sp³-hybridized carbons (Fsp3) is 0.385. The highest BCUT2D eigenvalue weighted by Crippen LogP contribution is 2.38. The number of rotatable bonds is 5. The Morgan fingerprint density at radius 2 is 2.09 bits per heavy atom. The number of urea groups is 1. The first-order valence-corrected chi connectivity index (χ1v) is 11.8. The van der Waals surface area contributed by atoms with Crippen LogP contribution >= 0.6 is 0 Å². The molecule has 1 aromatic heterocycles. The topological polar surface area (TPSA) is 104 Å². The summed E-state index contributed by atoms with van der Waals surface area (Å²) < 4.78 is 11.3. The van der Waals surface area contributed by atoms with Crippen molar-refractivity contribution in [2.45, 2.75) is 51.7 Å². The molecule has 0 radical (unpaired) electrons. The number of nitrogens with one attached hydrogen (secondary N) is 1.